The Morgan fingerprint density at radius 2 is 1.74 bits per heavy atom. The van der Waals surface area contributed by atoms with Gasteiger partial charge >= 0.3 is 6.09 Å². The van der Waals surface area contributed by atoms with E-state index in [1.165, 1.54) is 0 Å². The van der Waals surface area contributed by atoms with Crippen molar-refractivity contribution in [1.82, 2.24) is 10.2 Å². The number of hydrogen-bond acceptors (Lipinski definition) is 6. The summed E-state index contributed by atoms with van der Waals surface area (Å²) >= 11 is 6.66. The molecule has 8 heteroatoms. The molecule has 4 saturated heterocycles. The highest BCUT2D eigenvalue weighted by atomic mass is 35.5. The largest absolute Gasteiger partial charge is 0.493 e. The lowest BCUT2D eigenvalue weighted by molar-refractivity contribution is -0.0342. The van der Waals surface area contributed by atoms with Gasteiger partial charge in [-0.2, -0.15) is 0 Å². The molecule has 1 N–H and O–H groups in total. The first-order chi connectivity index (χ1) is 17.1. The maximum atomic E-state index is 12.7. The monoisotopic (exact) mass is 497 g/mol. The van der Waals surface area contributed by atoms with Crippen LogP contribution in [-0.4, -0.2) is 69.6 Å². The SMILES string of the molecule is O=C(NC1CCOc2cc(-c3ccc(N4CCOCC4)c(Cl)c3)ccc21)O[C@H]1CN2CCC1CC2. The molecule has 0 saturated carbocycles. The molecule has 2 bridgehead atoms. The zero-order valence-corrected chi connectivity index (χ0v) is 20.6. The standard InChI is InChI=1S/C27H32ClN3O4/c28-22-15-19(2-4-24(22)31-10-13-33-14-11-31)20-1-3-21-23(7-12-34-25(21)16-20)29-27(32)35-26-17-30-8-5-18(26)6-9-30/h1-4,15-16,18,23,26H,5-14,17H2,(H,29,32)/t23?,26-/m0/s1. The van der Waals surface area contributed by atoms with Gasteiger partial charge in [0.1, 0.15) is 11.9 Å². The number of carbonyl (C=O) groups excluding carboxylic acids is 1. The summed E-state index contributed by atoms with van der Waals surface area (Å²) in [6.45, 7) is 6.82. The second-order valence-electron chi connectivity index (χ2n) is 9.93. The summed E-state index contributed by atoms with van der Waals surface area (Å²) in [5, 5.41) is 3.83. The topological polar surface area (TPSA) is 63.3 Å². The van der Waals surface area contributed by atoms with Crippen molar-refractivity contribution in [2.45, 2.75) is 31.4 Å². The van der Waals surface area contributed by atoms with E-state index in [2.05, 4.69) is 33.3 Å². The number of halogens is 1. The van der Waals surface area contributed by atoms with Gasteiger partial charge in [-0.15, -0.1) is 0 Å². The number of amides is 1. The number of rotatable bonds is 4. The van der Waals surface area contributed by atoms with Crippen LogP contribution in [0.4, 0.5) is 10.5 Å². The summed E-state index contributed by atoms with van der Waals surface area (Å²) in [6, 6.07) is 12.2. The van der Waals surface area contributed by atoms with Crippen LogP contribution < -0.4 is 15.0 Å². The predicted molar refractivity (Wildman–Crippen MR) is 135 cm³/mol. The summed E-state index contributed by atoms with van der Waals surface area (Å²) in [5.74, 6) is 1.30. The summed E-state index contributed by atoms with van der Waals surface area (Å²) in [5.41, 5.74) is 4.10. The summed E-state index contributed by atoms with van der Waals surface area (Å²) in [7, 11) is 0. The molecule has 0 spiro atoms. The van der Waals surface area contributed by atoms with Crippen LogP contribution >= 0.6 is 11.6 Å². The highest BCUT2D eigenvalue weighted by Crippen LogP contribution is 2.38. The van der Waals surface area contributed by atoms with Gasteiger partial charge in [0.15, 0.2) is 0 Å². The second kappa shape index (κ2) is 9.88. The molecule has 7 nitrogen and oxygen atoms in total. The van der Waals surface area contributed by atoms with E-state index in [4.69, 9.17) is 25.8 Å². The number of benzene rings is 2. The number of nitrogens with one attached hydrogen (secondary N) is 1. The Morgan fingerprint density at radius 1 is 0.971 bits per heavy atom. The molecule has 5 aliphatic heterocycles. The average molecular weight is 498 g/mol. The molecule has 5 aliphatic rings. The Balaban J connectivity index is 1.14. The van der Waals surface area contributed by atoms with E-state index in [0.29, 0.717) is 12.5 Å². The molecular weight excluding hydrogens is 466 g/mol. The summed E-state index contributed by atoms with van der Waals surface area (Å²) in [6.07, 6.45) is 2.65. The maximum Gasteiger partial charge on any atom is 0.407 e. The number of nitrogens with zero attached hydrogens (tertiary/aromatic N) is 2. The molecule has 0 radical (unpaired) electrons. The first-order valence-electron chi connectivity index (χ1n) is 12.7. The van der Waals surface area contributed by atoms with E-state index in [9.17, 15) is 4.79 Å². The van der Waals surface area contributed by atoms with E-state index in [-0.39, 0.29) is 18.2 Å². The number of ether oxygens (including phenoxy) is 3. The number of anilines is 1. The van der Waals surface area contributed by atoms with Crippen molar-refractivity contribution in [3.63, 3.8) is 0 Å². The average Bonchev–Trinajstić information content (AvgIpc) is 2.89. The predicted octanol–water partition coefficient (Wildman–Crippen LogP) is 4.49. The fourth-order valence-corrected chi connectivity index (χ4v) is 6.12. The minimum absolute atomic E-state index is 0.00405. The zero-order chi connectivity index (χ0) is 23.8. The van der Waals surface area contributed by atoms with E-state index >= 15 is 0 Å². The van der Waals surface area contributed by atoms with Gasteiger partial charge in [0, 0.05) is 31.6 Å². The van der Waals surface area contributed by atoms with Crippen LogP contribution in [-0.2, 0) is 9.47 Å². The van der Waals surface area contributed by atoms with Crippen LogP contribution in [0.25, 0.3) is 11.1 Å². The molecule has 5 heterocycles. The van der Waals surface area contributed by atoms with Gasteiger partial charge in [-0.25, -0.2) is 4.79 Å². The number of morpholine rings is 1. The van der Waals surface area contributed by atoms with Crippen LogP contribution in [0.5, 0.6) is 5.75 Å². The van der Waals surface area contributed by atoms with Crippen molar-refractivity contribution in [3.8, 4) is 16.9 Å². The van der Waals surface area contributed by atoms with Gasteiger partial charge in [0.2, 0.25) is 0 Å². The molecule has 2 atom stereocenters. The molecule has 1 amide bonds. The number of alkyl carbamates (subject to hydrolysis) is 1. The Bertz CT molecular complexity index is 1080. The highest BCUT2D eigenvalue weighted by molar-refractivity contribution is 6.33. The third-order valence-electron chi connectivity index (χ3n) is 7.83. The minimum atomic E-state index is -0.323. The smallest absolute Gasteiger partial charge is 0.407 e. The lowest BCUT2D eigenvalue weighted by atomic mass is 9.86. The summed E-state index contributed by atoms with van der Waals surface area (Å²) in [4.78, 5) is 17.4. The Labute approximate surface area is 211 Å². The molecule has 7 rings (SSSR count). The van der Waals surface area contributed by atoms with Crippen molar-refractivity contribution in [2.75, 3.05) is 57.4 Å². The van der Waals surface area contributed by atoms with Crippen molar-refractivity contribution in [3.05, 3.63) is 47.0 Å². The van der Waals surface area contributed by atoms with Crippen LogP contribution in [0.2, 0.25) is 5.02 Å². The number of piperidine rings is 3. The van der Waals surface area contributed by atoms with E-state index < -0.39 is 0 Å². The summed E-state index contributed by atoms with van der Waals surface area (Å²) < 4.78 is 17.3. The van der Waals surface area contributed by atoms with E-state index in [0.717, 1.165) is 98.3 Å². The van der Waals surface area contributed by atoms with Crippen LogP contribution in [0, 0.1) is 5.92 Å². The molecule has 1 unspecified atom stereocenters. The van der Waals surface area contributed by atoms with Crippen molar-refractivity contribution in [1.29, 1.82) is 0 Å². The Hall–Kier alpha value is -2.48. The zero-order valence-electron chi connectivity index (χ0n) is 19.9. The van der Waals surface area contributed by atoms with Gasteiger partial charge in [0.05, 0.1) is 36.6 Å². The van der Waals surface area contributed by atoms with Crippen LogP contribution in [0.3, 0.4) is 0 Å². The lowest BCUT2D eigenvalue weighted by Crippen LogP contribution is -2.52. The number of hydrogen-bond donors (Lipinski definition) is 1. The molecule has 0 aliphatic carbocycles. The lowest BCUT2D eigenvalue weighted by Gasteiger charge is -2.44. The third-order valence-corrected chi connectivity index (χ3v) is 8.14. The normalized spacial score (nSPS) is 27.6. The first-order valence-corrected chi connectivity index (χ1v) is 13.1. The van der Waals surface area contributed by atoms with Crippen LogP contribution in [0.1, 0.15) is 30.9 Å². The number of carbonyl (C=O) groups is 1. The van der Waals surface area contributed by atoms with Gasteiger partial charge in [0.25, 0.3) is 0 Å². The second-order valence-corrected chi connectivity index (χ2v) is 10.3. The van der Waals surface area contributed by atoms with Gasteiger partial charge in [-0.1, -0.05) is 29.8 Å². The third kappa shape index (κ3) is 4.82. The molecule has 35 heavy (non-hydrogen) atoms. The maximum absolute atomic E-state index is 12.7. The number of fused-ring (bicyclic) bond motifs is 4. The quantitative estimate of drug-likeness (QED) is 0.671. The van der Waals surface area contributed by atoms with E-state index in [1.807, 2.05) is 18.2 Å². The first kappa shape index (κ1) is 23.0. The minimum Gasteiger partial charge on any atom is -0.493 e. The molecule has 2 aromatic rings. The van der Waals surface area contributed by atoms with Gasteiger partial charge in [-0.05, 0) is 61.2 Å². The molecular formula is C27H32ClN3O4. The van der Waals surface area contributed by atoms with Crippen molar-refractivity contribution >= 4 is 23.4 Å². The van der Waals surface area contributed by atoms with Gasteiger partial charge in [-0.3, -0.25) is 4.90 Å². The molecule has 2 aromatic carbocycles. The fraction of sp³-hybridized carbons (Fsp3) is 0.519. The highest BCUT2D eigenvalue weighted by Gasteiger charge is 2.37. The molecule has 0 aromatic heterocycles. The Morgan fingerprint density at radius 3 is 2.49 bits per heavy atom. The van der Waals surface area contributed by atoms with Crippen LogP contribution in [0.15, 0.2) is 36.4 Å². The Kier molecular flexibility index (Phi) is 6.48. The van der Waals surface area contributed by atoms with Crippen molar-refractivity contribution < 1.29 is 19.0 Å². The van der Waals surface area contributed by atoms with Crippen molar-refractivity contribution in [2.24, 2.45) is 5.92 Å². The molecule has 4 fully saturated rings. The fourth-order valence-electron chi connectivity index (χ4n) is 5.82. The van der Waals surface area contributed by atoms with E-state index in [1.54, 1.807) is 0 Å². The molecule has 186 valence electrons. The van der Waals surface area contributed by atoms with Gasteiger partial charge < -0.3 is 24.4 Å².